The van der Waals surface area contributed by atoms with E-state index in [1.54, 1.807) is 36.4 Å². The number of hydrogen-bond donors (Lipinski definition) is 0. The minimum atomic E-state index is -1.45. The summed E-state index contributed by atoms with van der Waals surface area (Å²) in [5.74, 6) is -0.572. The lowest BCUT2D eigenvalue weighted by Crippen LogP contribution is -2.47. The van der Waals surface area contributed by atoms with Crippen LogP contribution in [0, 0.1) is 0 Å². The largest absolute Gasteiger partial charge is 0.369 e. The molecule has 0 amide bonds. The summed E-state index contributed by atoms with van der Waals surface area (Å²) in [6.07, 6.45) is 0.240. The van der Waals surface area contributed by atoms with Crippen molar-refractivity contribution in [3.63, 3.8) is 0 Å². The van der Waals surface area contributed by atoms with Crippen LogP contribution in [-0.2, 0) is 10.2 Å². The summed E-state index contributed by atoms with van der Waals surface area (Å²) in [6, 6.07) is 26.3. The molecular weight excluding hydrogens is 424 g/mol. The van der Waals surface area contributed by atoms with Crippen LogP contribution in [0.15, 0.2) is 84.9 Å². The van der Waals surface area contributed by atoms with Gasteiger partial charge in [0.15, 0.2) is 11.6 Å². The molecule has 5 rings (SSSR count). The molecule has 0 spiro atoms. The number of Topliss-reactive ketones (excluding diaryl/α,β-unsaturated/α-hetero) is 3. The number of nitrogens with zero attached hydrogens (tertiary/aromatic N) is 2. The first kappa shape index (κ1) is 22.2. The van der Waals surface area contributed by atoms with Crippen LogP contribution in [0.25, 0.3) is 0 Å². The van der Waals surface area contributed by atoms with Crippen molar-refractivity contribution < 1.29 is 14.4 Å². The zero-order chi connectivity index (χ0) is 23.5. The number of hydrogen-bond acceptors (Lipinski definition) is 5. The number of ketones is 3. The highest BCUT2D eigenvalue weighted by atomic mass is 16.2. The van der Waals surface area contributed by atoms with Crippen molar-refractivity contribution in [2.45, 2.75) is 18.3 Å². The predicted molar refractivity (Wildman–Crippen MR) is 133 cm³/mol. The number of rotatable bonds is 7. The SMILES string of the molecule is O=C(CCN1CCN(c2ccccc2)CC1)CC1(c2ccccc2)C(=O)c2ccccc2C1=O. The fraction of sp³-hybridized carbons (Fsp3) is 0.276. The number of fused-ring (bicyclic) bond motifs is 1. The van der Waals surface area contributed by atoms with Crippen molar-refractivity contribution in [2.75, 3.05) is 37.6 Å². The van der Waals surface area contributed by atoms with Crippen LogP contribution in [0.3, 0.4) is 0 Å². The van der Waals surface area contributed by atoms with E-state index in [4.69, 9.17) is 0 Å². The summed E-state index contributed by atoms with van der Waals surface area (Å²) < 4.78 is 0. The van der Waals surface area contributed by atoms with Gasteiger partial charge in [-0.3, -0.25) is 19.3 Å². The summed E-state index contributed by atoms with van der Waals surface area (Å²) in [6.45, 7) is 4.24. The maximum atomic E-state index is 13.6. The third kappa shape index (κ3) is 3.97. The molecule has 5 nitrogen and oxygen atoms in total. The summed E-state index contributed by atoms with van der Waals surface area (Å²) in [4.78, 5) is 45.0. The van der Waals surface area contributed by atoms with Crippen molar-refractivity contribution in [2.24, 2.45) is 0 Å². The molecular formula is C29H28N2O3. The maximum Gasteiger partial charge on any atom is 0.182 e. The molecule has 0 aromatic heterocycles. The molecule has 0 N–H and O–H groups in total. The van der Waals surface area contributed by atoms with Crippen LogP contribution < -0.4 is 4.90 Å². The Morgan fingerprint density at radius 1 is 0.706 bits per heavy atom. The monoisotopic (exact) mass is 452 g/mol. The Kier molecular flexibility index (Phi) is 6.12. The van der Waals surface area contributed by atoms with E-state index in [9.17, 15) is 14.4 Å². The minimum Gasteiger partial charge on any atom is -0.369 e. The van der Waals surface area contributed by atoms with Crippen LogP contribution >= 0.6 is 0 Å². The molecule has 0 radical (unpaired) electrons. The van der Waals surface area contributed by atoms with Gasteiger partial charge in [0.25, 0.3) is 0 Å². The van der Waals surface area contributed by atoms with E-state index in [0.717, 1.165) is 26.2 Å². The fourth-order valence-corrected chi connectivity index (χ4v) is 5.22. The molecule has 0 saturated carbocycles. The average molecular weight is 453 g/mol. The highest BCUT2D eigenvalue weighted by Gasteiger charge is 2.54. The molecule has 1 fully saturated rings. The summed E-state index contributed by atoms with van der Waals surface area (Å²) in [5.41, 5.74) is 1.21. The van der Waals surface area contributed by atoms with Crippen LogP contribution in [0.5, 0.6) is 0 Å². The number of para-hydroxylation sites is 1. The Balaban J connectivity index is 1.27. The van der Waals surface area contributed by atoms with Crippen LogP contribution in [0.1, 0.15) is 39.1 Å². The molecule has 3 aromatic carbocycles. The second kappa shape index (κ2) is 9.35. The van der Waals surface area contributed by atoms with Crippen LogP contribution in [-0.4, -0.2) is 55.0 Å². The molecule has 172 valence electrons. The zero-order valence-electron chi connectivity index (χ0n) is 19.2. The molecule has 1 saturated heterocycles. The van der Waals surface area contributed by atoms with Gasteiger partial charge in [-0.25, -0.2) is 0 Å². The van der Waals surface area contributed by atoms with Crippen molar-refractivity contribution in [1.82, 2.24) is 4.90 Å². The molecule has 0 bridgehead atoms. The Labute approximate surface area is 200 Å². The van der Waals surface area contributed by atoms with E-state index in [2.05, 4.69) is 21.9 Å². The third-order valence-corrected chi connectivity index (χ3v) is 7.12. The van der Waals surface area contributed by atoms with E-state index in [-0.39, 0.29) is 23.8 Å². The first-order valence-electron chi connectivity index (χ1n) is 11.9. The number of piperazine rings is 1. The number of benzene rings is 3. The van der Waals surface area contributed by atoms with E-state index >= 15 is 0 Å². The van der Waals surface area contributed by atoms with E-state index in [0.29, 0.717) is 29.7 Å². The van der Waals surface area contributed by atoms with Gasteiger partial charge in [0, 0.05) is 62.4 Å². The quantitative estimate of drug-likeness (QED) is 0.504. The second-order valence-electron chi connectivity index (χ2n) is 9.10. The van der Waals surface area contributed by atoms with Crippen molar-refractivity contribution in [3.8, 4) is 0 Å². The zero-order valence-corrected chi connectivity index (χ0v) is 19.2. The fourth-order valence-electron chi connectivity index (χ4n) is 5.22. The average Bonchev–Trinajstić information content (AvgIpc) is 3.11. The van der Waals surface area contributed by atoms with Gasteiger partial charge >= 0.3 is 0 Å². The predicted octanol–water partition coefficient (Wildman–Crippen LogP) is 4.18. The normalized spacial score (nSPS) is 17.6. The third-order valence-electron chi connectivity index (χ3n) is 7.12. The Bertz CT molecular complexity index is 1160. The first-order chi connectivity index (χ1) is 16.6. The summed E-state index contributed by atoms with van der Waals surface area (Å²) >= 11 is 0. The lowest BCUT2D eigenvalue weighted by molar-refractivity contribution is -0.120. The number of carbonyl (C=O) groups is 3. The summed E-state index contributed by atoms with van der Waals surface area (Å²) in [5, 5.41) is 0. The first-order valence-corrected chi connectivity index (χ1v) is 11.9. The van der Waals surface area contributed by atoms with Crippen LogP contribution in [0.4, 0.5) is 5.69 Å². The van der Waals surface area contributed by atoms with Gasteiger partial charge < -0.3 is 4.90 Å². The topological polar surface area (TPSA) is 57.7 Å². The number of anilines is 1. The van der Waals surface area contributed by atoms with Gasteiger partial charge in [-0.05, 0) is 17.7 Å². The Morgan fingerprint density at radius 3 is 1.82 bits per heavy atom. The highest BCUT2D eigenvalue weighted by molar-refractivity contribution is 6.34. The number of carbonyl (C=O) groups excluding carboxylic acids is 3. The minimum absolute atomic E-state index is 0.0520. The van der Waals surface area contributed by atoms with E-state index in [1.807, 2.05) is 36.4 Å². The summed E-state index contributed by atoms with van der Waals surface area (Å²) in [7, 11) is 0. The maximum absolute atomic E-state index is 13.6. The van der Waals surface area contributed by atoms with Crippen molar-refractivity contribution >= 4 is 23.0 Å². The van der Waals surface area contributed by atoms with Gasteiger partial charge in [-0.1, -0.05) is 72.8 Å². The van der Waals surface area contributed by atoms with Gasteiger partial charge in [0.05, 0.1) is 0 Å². The molecule has 34 heavy (non-hydrogen) atoms. The second-order valence-corrected chi connectivity index (χ2v) is 9.10. The molecule has 2 aliphatic rings. The molecule has 1 aliphatic carbocycles. The lowest BCUT2D eigenvalue weighted by Gasteiger charge is -2.36. The van der Waals surface area contributed by atoms with Crippen molar-refractivity contribution in [1.29, 1.82) is 0 Å². The molecule has 5 heteroatoms. The lowest BCUT2D eigenvalue weighted by atomic mass is 9.72. The van der Waals surface area contributed by atoms with E-state index in [1.165, 1.54) is 5.69 Å². The Morgan fingerprint density at radius 2 is 1.24 bits per heavy atom. The van der Waals surface area contributed by atoms with Gasteiger partial charge in [-0.2, -0.15) is 0 Å². The molecule has 1 heterocycles. The highest BCUT2D eigenvalue weighted by Crippen LogP contribution is 2.42. The standard InChI is InChI=1S/C29H28N2O3/c32-24(15-16-30-17-19-31(20-18-30)23-11-5-2-6-12-23)21-29(22-9-3-1-4-10-22)27(33)25-13-7-8-14-26(25)28(29)34/h1-14H,15-21H2. The van der Waals surface area contributed by atoms with Gasteiger partial charge in [0.1, 0.15) is 11.2 Å². The molecule has 0 atom stereocenters. The van der Waals surface area contributed by atoms with Crippen LogP contribution in [0.2, 0.25) is 0 Å². The Hall–Kier alpha value is -3.57. The van der Waals surface area contributed by atoms with Gasteiger partial charge in [0.2, 0.25) is 0 Å². The van der Waals surface area contributed by atoms with Crippen molar-refractivity contribution in [3.05, 3.63) is 102 Å². The molecule has 1 aliphatic heterocycles. The molecule has 0 unspecified atom stereocenters. The van der Waals surface area contributed by atoms with E-state index < -0.39 is 5.41 Å². The van der Waals surface area contributed by atoms with Gasteiger partial charge in [-0.15, -0.1) is 0 Å². The smallest absolute Gasteiger partial charge is 0.182 e. The molecule has 3 aromatic rings.